The number of nitrogens with two attached hydrogens (primary N) is 1. The molecule has 0 radical (unpaired) electrons. The number of ether oxygens (including phenoxy) is 1. The van der Waals surface area contributed by atoms with E-state index in [0.717, 1.165) is 26.1 Å². The van der Waals surface area contributed by atoms with Gasteiger partial charge in [-0.25, -0.2) is 0 Å². The summed E-state index contributed by atoms with van der Waals surface area (Å²) in [4.78, 5) is 14.7. The van der Waals surface area contributed by atoms with Gasteiger partial charge in [-0.2, -0.15) is 0 Å². The van der Waals surface area contributed by atoms with Crippen LogP contribution in [0.5, 0.6) is 5.75 Å². The van der Waals surface area contributed by atoms with Crippen LogP contribution in [0.2, 0.25) is 5.02 Å². The summed E-state index contributed by atoms with van der Waals surface area (Å²) in [6, 6.07) is 3.21. The van der Waals surface area contributed by atoms with Gasteiger partial charge in [0.05, 0.1) is 23.4 Å². The van der Waals surface area contributed by atoms with E-state index in [1.54, 1.807) is 12.1 Å². The summed E-state index contributed by atoms with van der Waals surface area (Å²) in [6.45, 7) is 3.30. The molecule has 1 aromatic carbocycles. The lowest BCUT2D eigenvalue weighted by atomic mass is 10.0. The monoisotopic (exact) mass is 332 g/mol. The third kappa shape index (κ3) is 4.77. The number of benzene rings is 1. The number of Topliss-reactive ketones (excluding diaryl/α,β-unsaturated/α-hetero) is 1. The van der Waals surface area contributed by atoms with E-state index in [2.05, 4.69) is 4.90 Å². The quantitative estimate of drug-likeness (QED) is 0.640. The van der Waals surface area contributed by atoms with Gasteiger partial charge in [0.1, 0.15) is 5.75 Å². The third-order valence-electron chi connectivity index (χ3n) is 3.70. The fourth-order valence-corrected chi connectivity index (χ4v) is 2.72. The molecule has 0 bridgehead atoms. The van der Waals surface area contributed by atoms with Crippen LogP contribution in [0.15, 0.2) is 12.1 Å². The highest BCUT2D eigenvalue weighted by atomic mass is 35.5. The predicted molar refractivity (Wildman–Crippen MR) is 88.9 cm³/mol. The molecule has 4 nitrogen and oxygen atoms in total. The molecule has 0 atom stereocenters. The van der Waals surface area contributed by atoms with Gasteiger partial charge in [0.25, 0.3) is 0 Å². The van der Waals surface area contributed by atoms with Gasteiger partial charge in [-0.05, 0) is 45.0 Å². The summed E-state index contributed by atoms with van der Waals surface area (Å²) in [5.41, 5.74) is 6.67. The van der Waals surface area contributed by atoms with Gasteiger partial charge in [-0.15, -0.1) is 12.4 Å². The van der Waals surface area contributed by atoms with Gasteiger partial charge in [-0.3, -0.25) is 4.79 Å². The van der Waals surface area contributed by atoms with Gasteiger partial charge in [0.2, 0.25) is 0 Å². The highest BCUT2D eigenvalue weighted by Gasteiger charge is 2.16. The number of nitrogen functional groups attached to an aromatic ring is 1. The zero-order valence-electron chi connectivity index (χ0n) is 12.2. The number of likely N-dealkylation sites (tertiary alicyclic amines) is 1. The first kappa shape index (κ1) is 18.1. The number of hydrogen-bond donors (Lipinski definition) is 1. The molecule has 0 aliphatic carbocycles. The molecule has 2 N–H and O–H groups in total. The van der Waals surface area contributed by atoms with Crippen LogP contribution in [0.3, 0.4) is 0 Å². The van der Waals surface area contributed by atoms with Crippen molar-refractivity contribution < 1.29 is 9.53 Å². The lowest BCUT2D eigenvalue weighted by Crippen LogP contribution is -2.21. The minimum atomic E-state index is 0. The highest BCUT2D eigenvalue weighted by molar-refractivity contribution is 6.33. The standard InChI is InChI=1S/C15H21ClN2O2.ClH/c1-20-15-10-13(17)12(16)9-11(15)14(19)5-4-8-18-6-2-3-7-18;/h9-10H,2-8,17H2,1H3;1H. The molecule has 1 saturated heterocycles. The van der Waals surface area contributed by atoms with Crippen molar-refractivity contribution in [2.75, 3.05) is 32.5 Å². The largest absolute Gasteiger partial charge is 0.496 e. The molecule has 1 aliphatic heterocycles. The molecule has 1 fully saturated rings. The predicted octanol–water partition coefficient (Wildman–Crippen LogP) is 3.41. The number of ketones is 1. The van der Waals surface area contributed by atoms with Crippen LogP contribution in [0.1, 0.15) is 36.0 Å². The zero-order chi connectivity index (χ0) is 14.5. The van der Waals surface area contributed by atoms with Gasteiger partial charge < -0.3 is 15.4 Å². The van der Waals surface area contributed by atoms with Crippen molar-refractivity contribution in [1.29, 1.82) is 0 Å². The second kappa shape index (κ2) is 8.47. The van der Waals surface area contributed by atoms with Gasteiger partial charge in [0.15, 0.2) is 5.78 Å². The molecule has 118 valence electrons. The molecule has 0 unspecified atom stereocenters. The van der Waals surface area contributed by atoms with Crippen molar-refractivity contribution in [3.05, 3.63) is 22.7 Å². The Morgan fingerprint density at radius 2 is 2.05 bits per heavy atom. The van der Waals surface area contributed by atoms with Crippen LogP contribution in [0.4, 0.5) is 5.69 Å². The van der Waals surface area contributed by atoms with Crippen molar-refractivity contribution >= 4 is 35.5 Å². The minimum absolute atomic E-state index is 0. The van der Waals surface area contributed by atoms with Crippen LogP contribution in [0.25, 0.3) is 0 Å². The Labute approximate surface area is 137 Å². The van der Waals surface area contributed by atoms with Gasteiger partial charge in [-0.1, -0.05) is 11.6 Å². The van der Waals surface area contributed by atoms with Crippen molar-refractivity contribution in [1.82, 2.24) is 4.90 Å². The SMILES string of the molecule is COc1cc(N)c(Cl)cc1C(=O)CCCN1CCCC1.Cl. The van der Waals surface area contributed by atoms with E-state index < -0.39 is 0 Å². The molecule has 0 aromatic heterocycles. The third-order valence-corrected chi connectivity index (χ3v) is 4.02. The highest BCUT2D eigenvalue weighted by Crippen LogP contribution is 2.29. The normalized spacial score (nSPS) is 14.8. The van der Waals surface area contributed by atoms with Crippen molar-refractivity contribution in [2.45, 2.75) is 25.7 Å². The first-order valence-corrected chi connectivity index (χ1v) is 7.38. The van der Waals surface area contributed by atoms with Crippen LogP contribution < -0.4 is 10.5 Å². The van der Waals surface area contributed by atoms with E-state index >= 15 is 0 Å². The number of halogens is 2. The van der Waals surface area contributed by atoms with Crippen LogP contribution >= 0.6 is 24.0 Å². The summed E-state index contributed by atoms with van der Waals surface area (Å²) in [7, 11) is 1.53. The number of carbonyl (C=O) groups excluding carboxylic acids is 1. The van der Waals surface area contributed by atoms with Gasteiger partial charge in [0, 0.05) is 12.5 Å². The average Bonchev–Trinajstić information content (AvgIpc) is 2.94. The lowest BCUT2D eigenvalue weighted by molar-refractivity contribution is 0.0973. The molecule has 0 saturated carbocycles. The van der Waals surface area contributed by atoms with Crippen LogP contribution in [-0.2, 0) is 0 Å². The van der Waals surface area contributed by atoms with Gasteiger partial charge >= 0.3 is 0 Å². The van der Waals surface area contributed by atoms with E-state index in [-0.39, 0.29) is 18.2 Å². The Hall–Kier alpha value is -0.970. The molecule has 2 rings (SSSR count). The molecular formula is C15H22Cl2N2O2. The number of rotatable bonds is 6. The fraction of sp³-hybridized carbons (Fsp3) is 0.533. The lowest BCUT2D eigenvalue weighted by Gasteiger charge is -2.14. The smallest absolute Gasteiger partial charge is 0.166 e. The second-order valence-corrected chi connectivity index (χ2v) is 5.56. The van der Waals surface area contributed by atoms with E-state index in [0.29, 0.717) is 28.4 Å². The second-order valence-electron chi connectivity index (χ2n) is 5.15. The molecule has 6 heteroatoms. The summed E-state index contributed by atoms with van der Waals surface area (Å²) >= 11 is 5.98. The Bertz CT molecular complexity index is 489. The van der Waals surface area contributed by atoms with Crippen molar-refractivity contribution in [3.8, 4) is 5.75 Å². The maximum absolute atomic E-state index is 12.3. The minimum Gasteiger partial charge on any atom is -0.496 e. The Balaban J connectivity index is 0.00000220. The topological polar surface area (TPSA) is 55.6 Å². The number of anilines is 1. The molecule has 1 aromatic rings. The molecule has 21 heavy (non-hydrogen) atoms. The molecule has 1 heterocycles. The van der Waals surface area contributed by atoms with E-state index in [1.165, 1.54) is 20.0 Å². The number of nitrogens with zero attached hydrogens (tertiary/aromatic N) is 1. The summed E-state index contributed by atoms with van der Waals surface area (Å²) in [5, 5.41) is 0.397. The van der Waals surface area contributed by atoms with Crippen LogP contribution in [0, 0.1) is 0 Å². The Morgan fingerprint density at radius 3 is 2.67 bits per heavy atom. The molecular weight excluding hydrogens is 311 g/mol. The molecule has 0 spiro atoms. The Kier molecular flexibility index (Phi) is 7.29. The summed E-state index contributed by atoms with van der Waals surface area (Å²) in [6.07, 6.45) is 3.92. The maximum atomic E-state index is 12.3. The van der Waals surface area contributed by atoms with Crippen molar-refractivity contribution in [3.63, 3.8) is 0 Å². The summed E-state index contributed by atoms with van der Waals surface area (Å²) in [5.74, 6) is 0.556. The summed E-state index contributed by atoms with van der Waals surface area (Å²) < 4.78 is 5.21. The number of hydrogen-bond acceptors (Lipinski definition) is 4. The first-order chi connectivity index (χ1) is 9.61. The van der Waals surface area contributed by atoms with E-state index in [9.17, 15) is 4.79 Å². The number of methoxy groups -OCH3 is 1. The molecule has 1 aliphatic rings. The van der Waals surface area contributed by atoms with Crippen LogP contribution in [-0.4, -0.2) is 37.4 Å². The van der Waals surface area contributed by atoms with E-state index in [1.807, 2.05) is 0 Å². The van der Waals surface area contributed by atoms with Crippen molar-refractivity contribution in [2.24, 2.45) is 0 Å². The zero-order valence-corrected chi connectivity index (χ0v) is 13.8. The Morgan fingerprint density at radius 1 is 1.38 bits per heavy atom. The first-order valence-electron chi connectivity index (χ1n) is 7.00. The fourth-order valence-electron chi connectivity index (χ4n) is 2.56. The average molecular weight is 333 g/mol. The van der Waals surface area contributed by atoms with E-state index in [4.69, 9.17) is 22.1 Å². The number of carbonyl (C=O) groups is 1. The maximum Gasteiger partial charge on any atom is 0.166 e. The molecule has 0 amide bonds.